The zero-order valence-electron chi connectivity index (χ0n) is 22.5. The summed E-state index contributed by atoms with van der Waals surface area (Å²) in [5.74, 6) is 0. The molecule has 40 heavy (non-hydrogen) atoms. The lowest BCUT2D eigenvalue weighted by Gasteiger charge is -2.44. The van der Waals surface area contributed by atoms with Crippen LogP contribution in [0.2, 0.25) is 0 Å². The second-order valence-corrected chi connectivity index (χ2v) is 9.85. The van der Waals surface area contributed by atoms with Gasteiger partial charge < -0.3 is 28.8 Å². The van der Waals surface area contributed by atoms with E-state index in [2.05, 4.69) is 0 Å². The first kappa shape index (κ1) is 28.2. The van der Waals surface area contributed by atoms with E-state index in [9.17, 15) is 5.11 Å². The maximum atomic E-state index is 11.2. The third-order valence-corrected chi connectivity index (χ3v) is 6.86. The van der Waals surface area contributed by atoms with Gasteiger partial charge in [0.25, 0.3) is 0 Å². The van der Waals surface area contributed by atoms with Gasteiger partial charge in [0, 0.05) is 0 Å². The van der Waals surface area contributed by atoms with Gasteiger partial charge in [0.2, 0.25) is 0 Å². The molecule has 4 aromatic rings. The number of rotatable bonds is 13. The lowest BCUT2D eigenvalue weighted by Crippen LogP contribution is -2.61. The molecule has 208 valence electrons. The molecule has 1 N–H and O–H groups in total. The van der Waals surface area contributed by atoms with Crippen LogP contribution in [0.25, 0.3) is 0 Å². The summed E-state index contributed by atoms with van der Waals surface area (Å²) in [4.78, 5) is 0. The Labute approximate surface area is 236 Å². The Morgan fingerprint density at radius 1 is 0.475 bits per heavy atom. The van der Waals surface area contributed by atoms with Crippen LogP contribution in [0.4, 0.5) is 0 Å². The number of aliphatic hydroxyl groups is 1. The molecule has 0 aliphatic carbocycles. The number of ether oxygens (including phenoxy) is 5. The molecule has 1 aliphatic heterocycles. The van der Waals surface area contributed by atoms with Crippen molar-refractivity contribution in [1.82, 2.24) is 0 Å². The molecule has 1 heterocycles. The minimum Gasteiger partial charge on any atom is -0.374 e. The average Bonchev–Trinajstić information content (AvgIpc) is 3.01. The Bertz CT molecular complexity index is 1240. The summed E-state index contributed by atoms with van der Waals surface area (Å²) >= 11 is 0. The fraction of sp³-hybridized carbons (Fsp3) is 0.294. The highest BCUT2D eigenvalue weighted by molar-refractivity contribution is 5.16. The monoisotopic (exact) mass is 540 g/mol. The Morgan fingerprint density at radius 2 is 0.850 bits per heavy atom. The zero-order chi connectivity index (χ0) is 27.4. The van der Waals surface area contributed by atoms with Crippen LogP contribution in [0.3, 0.4) is 0 Å². The van der Waals surface area contributed by atoms with Crippen LogP contribution < -0.4 is 0 Å². The summed E-state index contributed by atoms with van der Waals surface area (Å²) in [6.07, 6.45) is -3.72. The van der Waals surface area contributed by atoms with Gasteiger partial charge in [-0.3, -0.25) is 0 Å². The predicted octanol–water partition coefficient (Wildman–Crippen LogP) is 5.68. The first-order valence-corrected chi connectivity index (χ1v) is 13.7. The topological polar surface area (TPSA) is 66.4 Å². The van der Waals surface area contributed by atoms with E-state index in [-0.39, 0.29) is 6.61 Å². The van der Waals surface area contributed by atoms with Crippen molar-refractivity contribution in [3.8, 4) is 0 Å². The number of benzene rings is 4. The van der Waals surface area contributed by atoms with E-state index in [4.69, 9.17) is 23.7 Å². The second kappa shape index (κ2) is 14.9. The molecule has 3 unspecified atom stereocenters. The van der Waals surface area contributed by atoms with Gasteiger partial charge in [0.05, 0.1) is 33.0 Å². The SMILES string of the molecule is OC1OC(COCc2ccccc2)[C@H](OCc2ccccc2)C(OCc2ccccc2)[C@@H]1OCc1ccccc1. The minimum atomic E-state index is -1.22. The van der Waals surface area contributed by atoms with Gasteiger partial charge in [-0.25, -0.2) is 0 Å². The van der Waals surface area contributed by atoms with Gasteiger partial charge in [0.15, 0.2) is 6.29 Å². The molecule has 4 aromatic carbocycles. The van der Waals surface area contributed by atoms with Crippen LogP contribution in [0, 0.1) is 0 Å². The van der Waals surface area contributed by atoms with Crippen LogP contribution in [-0.4, -0.2) is 42.4 Å². The zero-order valence-corrected chi connectivity index (χ0v) is 22.5. The fourth-order valence-corrected chi connectivity index (χ4v) is 4.77. The molecule has 5 atom stereocenters. The maximum absolute atomic E-state index is 11.2. The van der Waals surface area contributed by atoms with Crippen molar-refractivity contribution in [3.63, 3.8) is 0 Å². The molecule has 0 saturated carbocycles. The van der Waals surface area contributed by atoms with Gasteiger partial charge in [-0.2, -0.15) is 0 Å². The Balaban J connectivity index is 1.36. The normalized spacial score (nSPS) is 22.7. The summed E-state index contributed by atoms with van der Waals surface area (Å²) in [7, 11) is 0. The van der Waals surface area contributed by atoms with E-state index in [0.29, 0.717) is 26.4 Å². The smallest absolute Gasteiger partial charge is 0.184 e. The molecule has 0 radical (unpaired) electrons. The van der Waals surface area contributed by atoms with Crippen molar-refractivity contribution in [1.29, 1.82) is 0 Å². The summed E-state index contributed by atoms with van der Waals surface area (Å²) in [5.41, 5.74) is 4.10. The second-order valence-electron chi connectivity index (χ2n) is 9.85. The third kappa shape index (κ3) is 8.08. The highest BCUT2D eigenvalue weighted by atomic mass is 16.7. The fourth-order valence-electron chi connectivity index (χ4n) is 4.77. The lowest BCUT2D eigenvalue weighted by atomic mass is 9.98. The van der Waals surface area contributed by atoms with Crippen molar-refractivity contribution in [2.75, 3.05) is 6.61 Å². The Kier molecular flexibility index (Phi) is 10.5. The largest absolute Gasteiger partial charge is 0.374 e. The van der Waals surface area contributed by atoms with Crippen molar-refractivity contribution in [3.05, 3.63) is 144 Å². The molecule has 0 bridgehead atoms. The van der Waals surface area contributed by atoms with Gasteiger partial charge in [-0.15, -0.1) is 0 Å². The predicted molar refractivity (Wildman–Crippen MR) is 152 cm³/mol. The van der Waals surface area contributed by atoms with E-state index in [1.165, 1.54) is 0 Å². The molecular formula is C34H36O6. The van der Waals surface area contributed by atoms with E-state index in [0.717, 1.165) is 22.3 Å². The number of hydrogen-bond acceptors (Lipinski definition) is 6. The molecule has 0 amide bonds. The maximum Gasteiger partial charge on any atom is 0.184 e. The highest BCUT2D eigenvalue weighted by Gasteiger charge is 2.48. The van der Waals surface area contributed by atoms with E-state index in [1.54, 1.807) is 0 Å². The van der Waals surface area contributed by atoms with E-state index < -0.39 is 30.7 Å². The summed E-state index contributed by atoms with van der Waals surface area (Å²) in [6, 6.07) is 39.7. The van der Waals surface area contributed by atoms with Crippen molar-refractivity contribution >= 4 is 0 Å². The summed E-state index contributed by atoms with van der Waals surface area (Å²) in [6.45, 7) is 1.65. The van der Waals surface area contributed by atoms with Crippen molar-refractivity contribution < 1.29 is 28.8 Å². The van der Waals surface area contributed by atoms with Gasteiger partial charge >= 0.3 is 0 Å². The third-order valence-electron chi connectivity index (χ3n) is 6.86. The average molecular weight is 541 g/mol. The van der Waals surface area contributed by atoms with Crippen LogP contribution in [0.5, 0.6) is 0 Å². The van der Waals surface area contributed by atoms with Gasteiger partial charge in [0.1, 0.15) is 24.4 Å². The van der Waals surface area contributed by atoms with Crippen LogP contribution >= 0.6 is 0 Å². The standard InChI is InChI=1S/C34H36O6/c35-34-33(39-24-29-19-11-4-12-20-29)32(38-23-28-17-9-3-10-18-28)31(37-22-27-15-7-2-8-16-27)30(40-34)25-36-21-26-13-5-1-6-14-26/h1-20,30-35H,21-25H2/t30?,31-,32?,33-,34?/m0/s1. The summed E-state index contributed by atoms with van der Waals surface area (Å²) in [5, 5.41) is 11.2. The lowest BCUT2D eigenvalue weighted by molar-refractivity contribution is -0.317. The molecule has 0 spiro atoms. The quantitative estimate of drug-likeness (QED) is 0.236. The molecule has 0 aromatic heterocycles. The molecule has 6 nitrogen and oxygen atoms in total. The van der Waals surface area contributed by atoms with Crippen LogP contribution in [-0.2, 0) is 50.1 Å². The molecule has 1 fully saturated rings. The molecule has 6 heteroatoms. The summed E-state index contributed by atoms with van der Waals surface area (Å²) < 4.78 is 31.4. The van der Waals surface area contributed by atoms with E-state index in [1.807, 2.05) is 121 Å². The molecule has 1 saturated heterocycles. The Hall–Kier alpha value is -3.36. The molecular weight excluding hydrogens is 504 g/mol. The first-order valence-electron chi connectivity index (χ1n) is 13.7. The van der Waals surface area contributed by atoms with Crippen molar-refractivity contribution in [2.45, 2.75) is 57.1 Å². The van der Waals surface area contributed by atoms with Crippen LogP contribution in [0.15, 0.2) is 121 Å². The first-order chi connectivity index (χ1) is 19.8. The molecule has 5 rings (SSSR count). The highest BCUT2D eigenvalue weighted by Crippen LogP contribution is 2.30. The number of aliphatic hydroxyl groups excluding tert-OH is 1. The molecule has 1 aliphatic rings. The van der Waals surface area contributed by atoms with Crippen molar-refractivity contribution in [2.24, 2.45) is 0 Å². The number of hydrogen-bond donors (Lipinski definition) is 1. The van der Waals surface area contributed by atoms with Gasteiger partial charge in [-0.05, 0) is 22.3 Å². The van der Waals surface area contributed by atoms with Gasteiger partial charge in [-0.1, -0.05) is 121 Å². The minimum absolute atomic E-state index is 0.224. The Morgan fingerprint density at radius 3 is 1.30 bits per heavy atom. The van der Waals surface area contributed by atoms with Crippen LogP contribution in [0.1, 0.15) is 22.3 Å². The van der Waals surface area contributed by atoms with E-state index >= 15 is 0 Å².